The fourth-order valence-electron chi connectivity index (χ4n) is 7.16. The standard InChI is InChI=1S/C27H42F2O7/c1-24(2,35-18-9-26(28)7-15(18)5-21(26)32-12-17-11-31-17)20(30)13-33-22-6-16-8-27(22,29)10-19(16)36-25(3,4)23-14-34-23/h15-23,30H,5-14H2,1-4H3. The van der Waals surface area contributed by atoms with Gasteiger partial charge in [-0.1, -0.05) is 0 Å². The monoisotopic (exact) mass is 516 g/mol. The SMILES string of the molecule is CC(C)(OC1CC2(F)CC1CC2OCC1CO1)C(O)COC1CC2CC1(F)CC2OC(C)(C)C1CO1. The number of rotatable bonds is 12. The average Bonchev–Trinajstić information content (AvgIpc) is 3.69. The molecule has 0 aromatic heterocycles. The van der Waals surface area contributed by atoms with E-state index in [-0.39, 0.29) is 49.3 Å². The largest absolute Gasteiger partial charge is 0.388 e. The molecule has 7 nitrogen and oxygen atoms in total. The maximum atomic E-state index is 15.8. The van der Waals surface area contributed by atoms with E-state index in [4.69, 9.17) is 28.4 Å². The Hall–Kier alpha value is -0.420. The van der Waals surface area contributed by atoms with Crippen LogP contribution in [0.5, 0.6) is 0 Å². The molecular weight excluding hydrogens is 474 g/mol. The molecule has 2 saturated heterocycles. The minimum absolute atomic E-state index is 0.0196. The van der Waals surface area contributed by atoms with E-state index in [1.807, 2.05) is 13.8 Å². The lowest BCUT2D eigenvalue weighted by Gasteiger charge is -2.39. The first-order valence-electron chi connectivity index (χ1n) is 13.7. The summed E-state index contributed by atoms with van der Waals surface area (Å²) in [7, 11) is 0. The number of hydrogen-bond acceptors (Lipinski definition) is 7. The van der Waals surface area contributed by atoms with E-state index in [0.717, 1.165) is 0 Å². The first kappa shape index (κ1) is 25.8. The molecule has 206 valence electrons. The third kappa shape index (κ3) is 4.87. The number of hydrogen-bond donors (Lipinski definition) is 1. The molecule has 2 heterocycles. The van der Waals surface area contributed by atoms with E-state index in [2.05, 4.69) is 0 Å². The fourth-order valence-corrected chi connectivity index (χ4v) is 7.16. The second-order valence-electron chi connectivity index (χ2n) is 13.3. The number of epoxide rings is 2. The molecule has 4 aliphatic carbocycles. The zero-order valence-electron chi connectivity index (χ0n) is 21.9. The number of ether oxygens (including phenoxy) is 6. The highest BCUT2D eigenvalue weighted by atomic mass is 19.1. The Labute approximate surface area is 212 Å². The highest BCUT2D eigenvalue weighted by Crippen LogP contribution is 2.55. The van der Waals surface area contributed by atoms with Gasteiger partial charge in [0.1, 0.15) is 29.6 Å². The zero-order valence-corrected chi connectivity index (χ0v) is 21.9. The quantitative estimate of drug-likeness (QED) is 0.399. The van der Waals surface area contributed by atoms with Crippen molar-refractivity contribution in [3.8, 4) is 0 Å². The van der Waals surface area contributed by atoms with Crippen molar-refractivity contribution in [2.24, 2.45) is 11.8 Å². The first-order chi connectivity index (χ1) is 16.9. The number of aliphatic hydroxyl groups excluding tert-OH is 1. The van der Waals surface area contributed by atoms with Gasteiger partial charge in [0.05, 0.1) is 62.0 Å². The van der Waals surface area contributed by atoms with Gasteiger partial charge in [0.15, 0.2) is 0 Å². The Morgan fingerprint density at radius 2 is 1.42 bits per heavy atom. The van der Waals surface area contributed by atoms with Gasteiger partial charge in [-0.05, 0) is 65.2 Å². The van der Waals surface area contributed by atoms with Gasteiger partial charge in [-0.2, -0.15) is 0 Å². The summed E-state index contributed by atoms with van der Waals surface area (Å²) in [5, 5.41) is 10.9. The van der Waals surface area contributed by atoms with E-state index in [1.165, 1.54) is 0 Å². The van der Waals surface area contributed by atoms with Gasteiger partial charge in [-0.3, -0.25) is 0 Å². The molecule has 0 aromatic rings. The number of fused-ring (bicyclic) bond motifs is 4. The average molecular weight is 517 g/mol. The van der Waals surface area contributed by atoms with E-state index >= 15 is 8.78 Å². The lowest BCUT2D eigenvalue weighted by molar-refractivity contribution is -0.188. The molecule has 36 heavy (non-hydrogen) atoms. The van der Waals surface area contributed by atoms with Crippen LogP contribution in [0.15, 0.2) is 0 Å². The molecule has 0 amide bonds. The lowest BCUT2D eigenvalue weighted by atomic mass is 9.91. The van der Waals surface area contributed by atoms with Crippen molar-refractivity contribution in [1.82, 2.24) is 0 Å². The van der Waals surface area contributed by atoms with Crippen LogP contribution in [0.25, 0.3) is 0 Å². The summed E-state index contributed by atoms with van der Waals surface area (Å²) in [5.74, 6) is 0.172. The topological polar surface area (TPSA) is 82.2 Å². The van der Waals surface area contributed by atoms with Crippen LogP contribution in [0.4, 0.5) is 8.78 Å². The van der Waals surface area contributed by atoms with E-state index in [1.54, 1.807) is 13.8 Å². The maximum Gasteiger partial charge on any atom is 0.139 e. The highest BCUT2D eigenvalue weighted by molar-refractivity contribution is 5.11. The Kier molecular flexibility index (Phi) is 6.31. The summed E-state index contributed by atoms with van der Waals surface area (Å²) in [6, 6.07) is 0. The lowest BCUT2D eigenvalue weighted by Crippen LogP contribution is -2.49. The van der Waals surface area contributed by atoms with E-state index < -0.39 is 40.9 Å². The Morgan fingerprint density at radius 3 is 1.92 bits per heavy atom. The van der Waals surface area contributed by atoms with Crippen molar-refractivity contribution in [2.45, 2.75) is 131 Å². The summed E-state index contributed by atoms with van der Waals surface area (Å²) in [6.07, 6.45) is 0.537. The van der Waals surface area contributed by atoms with Crippen LogP contribution < -0.4 is 0 Å². The third-order valence-corrected chi connectivity index (χ3v) is 9.69. The van der Waals surface area contributed by atoms with Crippen LogP contribution in [0.1, 0.15) is 66.2 Å². The Balaban J connectivity index is 0.970. The number of halogens is 2. The summed E-state index contributed by atoms with van der Waals surface area (Å²) in [6.45, 7) is 9.44. The van der Waals surface area contributed by atoms with Crippen LogP contribution >= 0.6 is 0 Å². The molecule has 6 fully saturated rings. The molecule has 4 bridgehead atoms. The number of alkyl halides is 2. The zero-order chi connectivity index (χ0) is 25.5. The molecule has 1 N–H and O–H groups in total. The second kappa shape index (κ2) is 8.80. The van der Waals surface area contributed by atoms with Crippen LogP contribution in [0, 0.1) is 11.8 Å². The van der Waals surface area contributed by atoms with Gasteiger partial charge in [-0.15, -0.1) is 0 Å². The molecule has 6 rings (SSSR count). The normalized spacial score (nSPS) is 48.1. The van der Waals surface area contributed by atoms with Crippen molar-refractivity contribution < 1.29 is 42.3 Å². The molecule has 11 unspecified atom stereocenters. The van der Waals surface area contributed by atoms with Gasteiger partial charge in [0.25, 0.3) is 0 Å². The van der Waals surface area contributed by atoms with E-state index in [0.29, 0.717) is 51.9 Å². The number of aliphatic hydroxyl groups is 1. The maximum absolute atomic E-state index is 15.8. The van der Waals surface area contributed by atoms with Crippen molar-refractivity contribution in [3.05, 3.63) is 0 Å². The van der Waals surface area contributed by atoms with Crippen molar-refractivity contribution >= 4 is 0 Å². The van der Waals surface area contributed by atoms with Crippen LogP contribution in [0.2, 0.25) is 0 Å². The minimum Gasteiger partial charge on any atom is -0.388 e. The summed E-state index contributed by atoms with van der Waals surface area (Å²) >= 11 is 0. The van der Waals surface area contributed by atoms with Gasteiger partial charge >= 0.3 is 0 Å². The highest BCUT2D eigenvalue weighted by Gasteiger charge is 2.61. The second-order valence-corrected chi connectivity index (χ2v) is 13.3. The molecule has 11 atom stereocenters. The molecule has 0 radical (unpaired) electrons. The van der Waals surface area contributed by atoms with Crippen LogP contribution in [0.3, 0.4) is 0 Å². The van der Waals surface area contributed by atoms with Crippen molar-refractivity contribution in [2.75, 3.05) is 26.4 Å². The summed E-state index contributed by atoms with van der Waals surface area (Å²) in [4.78, 5) is 0. The summed E-state index contributed by atoms with van der Waals surface area (Å²) in [5.41, 5.74) is -4.17. The minimum atomic E-state index is -1.44. The smallest absolute Gasteiger partial charge is 0.139 e. The molecule has 6 aliphatic rings. The molecule has 0 spiro atoms. The molecule has 2 aliphatic heterocycles. The predicted octanol–water partition coefficient (Wildman–Crippen LogP) is 3.29. The molecular formula is C27H42F2O7. The Bertz CT molecular complexity index is 833. The molecule has 4 saturated carbocycles. The van der Waals surface area contributed by atoms with Crippen LogP contribution in [-0.4, -0.2) is 96.8 Å². The van der Waals surface area contributed by atoms with Gasteiger partial charge in [0.2, 0.25) is 0 Å². The van der Waals surface area contributed by atoms with Crippen molar-refractivity contribution in [3.63, 3.8) is 0 Å². The van der Waals surface area contributed by atoms with Gasteiger partial charge in [0, 0.05) is 12.8 Å². The summed E-state index contributed by atoms with van der Waals surface area (Å²) < 4.78 is 66.1. The third-order valence-electron chi connectivity index (χ3n) is 9.69. The van der Waals surface area contributed by atoms with Crippen molar-refractivity contribution in [1.29, 1.82) is 0 Å². The fraction of sp³-hybridized carbons (Fsp3) is 1.00. The molecule has 0 aromatic carbocycles. The molecule has 9 heteroatoms. The van der Waals surface area contributed by atoms with E-state index in [9.17, 15) is 5.11 Å². The first-order valence-corrected chi connectivity index (χ1v) is 13.7. The Morgan fingerprint density at radius 1 is 0.861 bits per heavy atom. The van der Waals surface area contributed by atoms with Gasteiger partial charge < -0.3 is 33.5 Å². The predicted molar refractivity (Wildman–Crippen MR) is 125 cm³/mol. The van der Waals surface area contributed by atoms with Crippen LogP contribution in [-0.2, 0) is 28.4 Å². The van der Waals surface area contributed by atoms with Gasteiger partial charge in [-0.25, -0.2) is 8.78 Å².